The largest absolute Gasteiger partial charge is 0.352 e. The number of rotatable bonds is 6. The van der Waals surface area contributed by atoms with E-state index in [2.05, 4.69) is 31.4 Å². The first-order valence-corrected chi connectivity index (χ1v) is 10.8. The molecule has 1 aliphatic carbocycles. The summed E-state index contributed by atoms with van der Waals surface area (Å²) in [4.78, 5) is 39.2. The molecule has 4 unspecified atom stereocenters. The lowest BCUT2D eigenvalue weighted by Gasteiger charge is -2.34. The van der Waals surface area contributed by atoms with E-state index < -0.39 is 11.6 Å². The van der Waals surface area contributed by atoms with Gasteiger partial charge in [0, 0.05) is 6.04 Å². The van der Waals surface area contributed by atoms with Crippen LogP contribution in [0.1, 0.15) is 64.5 Å². The minimum Gasteiger partial charge on any atom is -0.352 e. The summed E-state index contributed by atoms with van der Waals surface area (Å²) in [5.41, 5.74) is 0.784. The first kappa shape index (κ1) is 21.3. The minimum absolute atomic E-state index is 0.101. The molecule has 1 saturated heterocycles. The molecule has 0 radical (unpaired) electrons. The van der Waals surface area contributed by atoms with E-state index in [1.165, 1.54) is 12.0 Å². The first-order valence-electron chi connectivity index (χ1n) is 10.8. The van der Waals surface area contributed by atoms with E-state index in [4.69, 9.17) is 0 Å². The van der Waals surface area contributed by atoms with Crippen LogP contribution in [0.4, 0.5) is 4.79 Å². The summed E-state index contributed by atoms with van der Waals surface area (Å²) >= 11 is 0. The molecule has 0 aromatic heterocycles. The smallest absolute Gasteiger partial charge is 0.325 e. The van der Waals surface area contributed by atoms with E-state index in [0.717, 1.165) is 36.1 Å². The number of hydrogen-bond donors (Lipinski definition) is 2. The predicted octanol–water partition coefficient (Wildman–Crippen LogP) is 3.35. The molecule has 4 atom stereocenters. The minimum atomic E-state index is -1.14. The van der Waals surface area contributed by atoms with E-state index in [-0.39, 0.29) is 24.4 Å². The highest BCUT2D eigenvalue weighted by molar-refractivity contribution is 6.09. The van der Waals surface area contributed by atoms with Crippen molar-refractivity contribution in [1.82, 2.24) is 15.5 Å². The van der Waals surface area contributed by atoms with Crippen LogP contribution in [0.2, 0.25) is 0 Å². The lowest BCUT2D eigenvalue weighted by Crippen LogP contribution is -2.48. The molecule has 0 spiro atoms. The molecule has 1 saturated carbocycles. The van der Waals surface area contributed by atoms with Gasteiger partial charge in [-0.25, -0.2) is 4.79 Å². The molecule has 1 aliphatic heterocycles. The molecule has 1 aromatic carbocycles. The third-order valence-electron chi connectivity index (χ3n) is 6.70. The quantitative estimate of drug-likeness (QED) is 0.720. The molecule has 0 bridgehead atoms. The van der Waals surface area contributed by atoms with Gasteiger partial charge in [-0.3, -0.25) is 14.5 Å². The maximum Gasteiger partial charge on any atom is 0.325 e. The number of hydrogen-bond acceptors (Lipinski definition) is 3. The number of carbonyl (C=O) groups is 3. The SMILES string of the molecule is CCCc1ccc(C2(C)NC(=O)N(CC(=O)NC3CCCC(C)C3C)C2=O)cc1. The molecular formula is C23H33N3O3. The second-order valence-electron chi connectivity index (χ2n) is 8.83. The van der Waals surface area contributed by atoms with E-state index in [0.29, 0.717) is 11.8 Å². The van der Waals surface area contributed by atoms with Gasteiger partial charge in [0.25, 0.3) is 5.91 Å². The van der Waals surface area contributed by atoms with Crippen LogP contribution in [0.25, 0.3) is 0 Å². The monoisotopic (exact) mass is 399 g/mol. The Morgan fingerprint density at radius 1 is 1.21 bits per heavy atom. The maximum atomic E-state index is 13.1. The number of aryl methyl sites for hydroxylation is 1. The molecule has 1 heterocycles. The van der Waals surface area contributed by atoms with Crippen LogP contribution in [0, 0.1) is 11.8 Å². The lowest BCUT2D eigenvalue weighted by atomic mass is 9.78. The number of carbonyl (C=O) groups excluding carboxylic acids is 3. The molecule has 6 nitrogen and oxygen atoms in total. The molecule has 1 aromatic rings. The van der Waals surface area contributed by atoms with Crippen molar-refractivity contribution < 1.29 is 14.4 Å². The Hall–Kier alpha value is -2.37. The van der Waals surface area contributed by atoms with Crippen molar-refractivity contribution in [1.29, 1.82) is 0 Å². The van der Waals surface area contributed by atoms with Crippen molar-refractivity contribution in [2.24, 2.45) is 11.8 Å². The van der Waals surface area contributed by atoms with Gasteiger partial charge in [0.2, 0.25) is 5.91 Å². The van der Waals surface area contributed by atoms with Gasteiger partial charge in [0.15, 0.2) is 0 Å². The molecule has 3 rings (SSSR count). The van der Waals surface area contributed by atoms with Crippen molar-refractivity contribution in [3.8, 4) is 0 Å². The number of nitrogens with zero attached hydrogens (tertiary/aromatic N) is 1. The summed E-state index contributed by atoms with van der Waals surface area (Å²) in [6, 6.07) is 7.34. The maximum absolute atomic E-state index is 13.1. The average Bonchev–Trinajstić information content (AvgIpc) is 2.90. The molecule has 2 N–H and O–H groups in total. The van der Waals surface area contributed by atoms with Crippen LogP contribution in [0.15, 0.2) is 24.3 Å². The second kappa shape index (κ2) is 8.56. The third-order valence-corrected chi connectivity index (χ3v) is 6.70. The van der Waals surface area contributed by atoms with E-state index in [1.54, 1.807) is 6.92 Å². The second-order valence-corrected chi connectivity index (χ2v) is 8.83. The number of imide groups is 1. The Labute approximate surface area is 173 Å². The predicted molar refractivity (Wildman–Crippen MR) is 112 cm³/mol. The van der Waals surface area contributed by atoms with E-state index in [9.17, 15) is 14.4 Å². The van der Waals surface area contributed by atoms with Crippen molar-refractivity contribution in [3.05, 3.63) is 35.4 Å². The summed E-state index contributed by atoms with van der Waals surface area (Å²) in [5.74, 6) is 0.292. The van der Waals surface area contributed by atoms with Crippen molar-refractivity contribution in [2.45, 2.75) is 71.4 Å². The summed E-state index contributed by atoms with van der Waals surface area (Å²) in [6.07, 6.45) is 5.23. The highest BCUT2D eigenvalue weighted by Gasteiger charge is 2.49. The Balaban J connectivity index is 1.67. The summed E-state index contributed by atoms with van der Waals surface area (Å²) < 4.78 is 0. The Bertz CT molecular complexity index is 776. The van der Waals surface area contributed by atoms with Gasteiger partial charge in [-0.05, 0) is 42.7 Å². The van der Waals surface area contributed by atoms with Crippen LogP contribution < -0.4 is 10.6 Å². The molecular weight excluding hydrogens is 366 g/mol. The van der Waals surface area contributed by atoms with Crippen LogP contribution >= 0.6 is 0 Å². The zero-order valence-corrected chi connectivity index (χ0v) is 18.0. The van der Waals surface area contributed by atoms with Gasteiger partial charge in [0.1, 0.15) is 12.1 Å². The van der Waals surface area contributed by atoms with Crippen molar-refractivity contribution in [2.75, 3.05) is 6.54 Å². The fourth-order valence-corrected chi connectivity index (χ4v) is 4.51. The van der Waals surface area contributed by atoms with Gasteiger partial charge < -0.3 is 10.6 Å². The highest BCUT2D eigenvalue weighted by atomic mass is 16.2. The Morgan fingerprint density at radius 2 is 1.90 bits per heavy atom. The molecule has 29 heavy (non-hydrogen) atoms. The van der Waals surface area contributed by atoms with E-state index >= 15 is 0 Å². The number of benzene rings is 1. The standard InChI is InChI=1S/C23H33N3O3/c1-5-7-17-10-12-18(13-11-17)23(4)21(28)26(22(29)25-23)14-20(27)24-19-9-6-8-15(2)16(19)3/h10-13,15-16,19H,5-9,14H2,1-4H3,(H,24,27)(H,25,29). The van der Waals surface area contributed by atoms with Crippen LogP contribution in [0.5, 0.6) is 0 Å². The fourth-order valence-electron chi connectivity index (χ4n) is 4.51. The number of nitrogens with one attached hydrogen (secondary N) is 2. The number of amides is 4. The van der Waals surface area contributed by atoms with Crippen LogP contribution in [0.3, 0.4) is 0 Å². The molecule has 6 heteroatoms. The van der Waals surface area contributed by atoms with E-state index in [1.807, 2.05) is 24.3 Å². The van der Waals surface area contributed by atoms with Gasteiger partial charge >= 0.3 is 6.03 Å². The molecule has 2 fully saturated rings. The average molecular weight is 400 g/mol. The topological polar surface area (TPSA) is 78.5 Å². The van der Waals surface area contributed by atoms with Gasteiger partial charge in [-0.15, -0.1) is 0 Å². The van der Waals surface area contributed by atoms with Crippen molar-refractivity contribution in [3.63, 3.8) is 0 Å². The molecule has 4 amide bonds. The zero-order chi connectivity index (χ0) is 21.2. The molecule has 2 aliphatic rings. The van der Waals surface area contributed by atoms with Crippen molar-refractivity contribution >= 4 is 17.8 Å². The number of urea groups is 1. The zero-order valence-electron chi connectivity index (χ0n) is 18.0. The highest BCUT2D eigenvalue weighted by Crippen LogP contribution is 2.31. The Morgan fingerprint density at radius 3 is 2.55 bits per heavy atom. The summed E-state index contributed by atoms with van der Waals surface area (Å²) in [6.45, 7) is 7.93. The van der Waals surface area contributed by atoms with Gasteiger partial charge in [0.05, 0.1) is 0 Å². The lowest BCUT2D eigenvalue weighted by molar-refractivity contribution is -0.135. The summed E-state index contributed by atoms with van der Waals surface area (Å²) in [7, 11) is 0. The fraction of sp³-hybridized carbons (Fsp3) is 0.609. The van der Waals surface area contributed by atoms with Crippen LogP contribution in [-0.2, 0) is 21.5 Å². The normalized spacial score (nSPS) is 29.7. The molecule has 158 valence electrons. The summed E-state index contributed by atoms with van der Waals surface area (Å²) in [5, 5.41) is 5.82. The van der Waals surface area contributed by atoms with Crippen LogP contribution in [-0.4, -0.2) is 35.3 Å². The third kappa shape index (κ3) is 4.31. The van der Waals surface area contributed by atoms with Gasteiger partial charge in [-0.1, -0.05) is 64.3 Å². The van der Waals surface area contributed by atoms with Gasteiger partial charge in [-0.2, -0.15) is 0 Å². The Kier molecular flexibility index (Phi) is 6.30. The first-order chi connectivity index (χ1) is 13.8.